The summed E-state index contributed by atoms with van der Waals surface area (Å²) in [6, 6.07) is 0. The zero-order chi connectivity index (χ0) is 69.7. The molecule has 0 amide bonds. The van der Waals surface area contributed by atoms with Crippen LogP contribution < -0.4 is 0 Å². The van der Waals surface area contributed by atoms with Gasteiger partial charge in [-0.05, 0) is 57.8 Å². The Hall–Kier alpha value is -3.01. The van der Waals surface area contributed by atoms with Crippen LogP contribution >= 0.6 is 0 Å². The first-order valence-electron chi connectivity index (χ1n) is 42.0. The first-order valence-corrected chi connectivity index (χ1v) is 42.0. The van der Waals surface area contributed by atoms with Crippen LogP contribution in [0.2, 0.25) is 0 Å². The highest BCUT2D eigenvalue weighted by molar-refractivity contribution is 5.71. The number of carbonyl (C=O) groups excluding carboxylic acids is 2. The summed E-state index contributed by atoms with van der Waals surface area (Å²) in [6.07, 6.45) is 101. The van der Waals surface area contributed by atoms with Crippen LogP contribution in [0, 0.1) is 0 Å². The van der Waals surface area contributed by atoms with Gasteiger partial charge >= 0.3 is 17.9 Å². The van der Waals surface area contributed by atoms with E-state index >= 15 is 0 Å². The second-order valence-electron chi connectivity index (χ2n) is 29.8. The van der Waals surface area contributed by atoms with E-state index in [4.69, 9.17) is 18.9 Å². The van der Waals surface area contributed by atoms with Crippen LogP contribution in [0.3, 0.4) is 0 Å². The number of allylic oxidation sites excluding steroid dienone is 10. The van der Waals surface area contributed by atoms with E-state index in [1.165, 1.54) is 321 Å². The molecule has 0 aliphatic rings. The Morgan fingerprint density at radius 3 is 0.885 bits per heavy atom. The molecule has 2 atom stereocenters. The monoisotopic (exact) mass is 1350 g/mol. The minimum absolute atomic E-state index is 0.178. The molecule has 9 heteroatoms. The van der Waals surface area contributed by atoms with Crippen LogP contribution in [0.1, 0.15) is 418 Å². The van der Waals surface area contributed by atoms with E-state index in [0.29, 0.717) is 17.4 Å². The molecule has 0 saturated heterocycles. The summed E-state index contributed by atoms with van der Waals surface area (Å²) in [5, 5.41) is 9.78. The lowest BCUT2D eigenvalue weighted by Crippen LogP contribution is -2.40. The maximum atomic E-state index is 13.0. The van der Waals surface area contributed by atoms with Gasteiger partial charge in [-0.25, -0.2) is 4.79 Å². The molecule has 96 heavy (non-hydrogen) atoms. The molecule has 0 aromatic heterocycles. The Balaban J connectivity index is 3.93. The minimum atomic E-state index is -1.51. The quantitative estimate of drug-likeness (QED) is 0.0211. The number of hydrogen-bond acceptors (Lipinski definition) is 7. The number of rotatable bonds is 79. The van der Waals surface area contributed by atoms with Crippen molar-refractivity contribution in [1.29, 1.82) is 0 Å². The molecule has 0 saturated carbocycles. The highest BCUT2D eigenvalue weighted by atomic mass is 16.7. The van der Waals surface area contributed by atoms with E-state index < -0.39 is 18.4 Å². The van der Waals surface area contributed by atoms with Crippen LogP contribution in [0.15, 0.2) is 60.8 Å². The summed E-state index contributed by atoms with van der Waals surface area (Å²) in [5.41, 5.74) is 0. The lowest BCUT2D eigenvalue weighted by atomic mass is 10.0. The van der Waals surface area contributed by atoms with Gasteiger partial charge in [0.2, 0.25) is 0 Å². The maximum absolute atomic E-state index is 13.0. The fourth-order valence-corrected chi connectivity index (χ4v) is 12.7. The van der Waals surface area contributed by atoms with E-state index in [0.717, 1.165) is 70.6 Å². The Morgan fingerprint density at radius 2 is 0.594 bits per heavy atom. The highest BCUT2D eigenvalue weighted by Crippen LogP contribution is 2.20. The fourth-order valence-electron chi connectivity index (χ4n) is 12.7. The van der Waals surface area contributed by atoms with E-state index in [1.807, 2.05) is 21.1 Å². The van der Waals surface area contributed by atoms with Crippen LogP contribution in [-0.4, -0.2) is 87.4 Å². The predicted octanol–water partition coefficient (Wildman–Crippen LogP) is 27.0. The summed E-state index contributed by atoms with van der Waals surface area (Å²) in [4.78, 5) is 37.8. The van der Waals surface area contributed by atoms with Gasteiger partial charge < -0.3 is 28.5 Å². The normalized spacial score (nSPS) is 12.9. The second-order valence-corrected chi connectivity index (χ2v) is 29.8. The van der Waals surface area contributed by atoms with Crippen molar-refractivity contribution in [2.24, 2.45) is 0 Å². The Bertz CT molecular complexity index is 1760. The van der Waals surface area contributed by atoms with Gasteiger partial charge in [0, 0.05) is 12.8 Å². The molecular weight excluding hydrogens is 1190 g/mol. The summed E-state index contributed by atoms with van der Waals surface area (Å²) < 4.78 is 23.1. The number of likely N-dealkylation sites (N-methyl/N-ethyl adjacent to an activating group) is 1. The molecular formula is C87H162NO8+. The molecule has 0 aromatic rings. The average molecular weight is 1350 g/mol. The fraction of sp³-hybridized carbons (Fsp3) is 0.851. The topological polar surface area (TPSA) is 108 Å². The number of nitrogens with zero attached hydrogens (tertiary/aromatic N) is 1. The molecule has 562 valence electrons. The van der Waals surface area contributed by atoms with E-state index in [2.05, 4.69) is 74.6 Å². The van der Waals surface area contributed by atoms with Gasteiger partial charge in [0.05, 0.1) is 34.4 Å². The van der Waals surface area contributed by atoms with E-state index in [1.54, 1.807) is 0 Å². The number of ether oxygens (including phenoxy) is 4. The predicted molar refractivity (Wildman–Crippen MR) is 415 cm³/mol. The zero-order valence-electron chi connectivity index (χ0n) is 64.6. The molecule has 0 rings (SSSR count). The van der Waals surface area contributed by atoms with E-state index in [9.17, 15) is 19.5 Å². The van der Waals surface area contributed by atoms with Crippen LogP contribution in [0.5, 0.6) is 0 Å². The first-order chi connectivity index (χ1) is 47.1. The molecule has 0 spiro atoms. The lowest BCUT2D eigenvalue weighted by molar-refractivity contribution is -0.870. The third-order valence-corrected chi connectivity index (χ3v) is 19.0. The SMILES string of the molecule is CC/C=C\C/C=C\C/C=C\C/C=C\C/C=C\CCCCCCCCCCCCCCCCCC(=O)OC(COC(=O)CCCCCCCCCCCCCCCCCCCCCCCCCCCCCCCCCCCCCCCCCC)COC(OCC[N+](C)(C)C)C(=O)O. The number of esters is 2. The van der Waals surface area contributed by atoms with Gasteiger partial charge in [0.15, 0.2) is 6.10 Å². The number of carboxylic acids is 1. The lowest BCUT2D eigenvalue weighted by Gasteiger charge is -2.25. The summed E-state index contributed by atoms with van der Waals surface area (Å²) in [5.74, 6) is -1.98. The van der Waals surface area contributed by atoms with Crippen molar-refractivity contribution in [1.82, 2.24) is 0 Å². The molecule has 1 N–H and O–H groups in total. The number of quaternary nitrogens is 1. The van der Waals surface area contributed by atoms with Gasteiger partial charge in [-0.15, -0.1) is 0 Å². The number of carbonyl (C=O) groups is 3. The Kier molecular flexibility index (Phi) is 75.3. The zero-order valence-corrected chi connectivity index (χ0v) is 64.6. The van der Waals surface area contributed by atoms with Crippen molar-refractivity contribution in [3.8, 4) is 0 Å². The van der Waals surface area contributed by atoms with Gasteiger partial charge in [-0.2, -0.15) is 0 Å². The van der Waals surface area contributed by atoms with Crippen LogP contribution in [-0.2, 0) is 33.3 Å². The van der Waals surface area contributed by atoms with Gasteiger partial charge in [-0.1, -0.05) is 408 Å². The molecule has 2 unspecified atom stereocenters. The Morgan fingerprint density at radius 1 is 0.323 bits per heavy atom. The summed E-state index contributed by atoms with van der Waals surface area (Å²) >= 11 is 0. The number of aliphatic carboxylic acids is 1. The largest absolute Gasteiger partial charge is 0.477 e. The van der Waals surface area contributed by atoms with Gasteiger partial charge in [0.25, 0.3) is 6.29 Å². The number of unbranched alkanes of at least 4 members (excludes halogenated alkanes) is 54. The third kappa shape index (κ3) is 78.3. The third-order valence-electron chi connectivity index (χ3n) is 19.0. The second kappa shape index (κ2) is 77.7. The molecule has 9 nitrogen and oxygen atoms in total. The summed E-state index contributed by atoms with van der Waals surface area (Å²) in [6.45, 7) is 4.84. The van der Waals surface area contributed by atoms with Gasteiger partial charge in [-0.3, -0.25) is 9.59 Å². The molecule has 0 aliphatic carbocycles. The van der Waals surface area contributed by atoms with Crippen molar-refractivity contribution in [3.05, 3.63) is 60.8 Å². The molecule has 0 aliphatic heterocycles. The highest BCUT2D eigenvalue weighted by Gasteiger charge is 2.25. The van der Waals surface area contributed by atoms with Crippen LogP contribution in [0.4, 0.5) is 0 Å². The number of carboxylic acid groups (broad SMARTS) is 1. The molecule has 0 heterocycles. The standard InChI is InChI=1S/C87H161NO8/c1-6-8-10-12-14-16-18-20-22-24-26-28-30-32-34-36-38-39-40-41-42-43-44-45-46-48-49-51-53-55-57-59-61-63-65-67-69-71-73-75-77-84(89)94-81-83(82-95-87(86(91)92)93-80-79-88(3,4)5)96-85(90)78-76-74-72-70-68-66-64-62-60-58-56-54-52-50-47-37-35-33-31-29-27-25-23-21-19-17-15-13-11-9-7-2/h9,11,15,17,21,23,27,29,33,35,83,87H,6-8,10,12-14,16,18-20,22,24-26,28,30-32,34,36-82H2,1-5H3/p+1/b11-9-,17-15-,23-21-,29-27-,35-33-. The average Bonchev–Trinajstić information content (AvgIpc) is 2.59. The van der Waals surface area contributed by atoms with E-state index in [-0.39, 0.29) is 38.2 Å². The number of hydrogen-bond donors (Lipinski definition) is 1. The van der Waals surface area contributed by atoms with Crippen LogP contribution in [0.25, 0.3) is 0 Å². The van der Waals surface area contributed by atoms with Crippen molar-refractivity contribution in [2.45, 2.75) is 431 Å². The smallest absolute Gasteiger partial charge is 0.361 e. The van der Waals surface area contributed by atoms with Crippen molar-refractivity contribution in [2.75, 3.05) is 47.5 Å². The molecule has 0 fully saturated rings. The van der Waals surface area contributed by atoms with Crippen molar-refractivity contribution < 1.29 is 42.9 Å². The molecule has 0 radical (unpaired) electrons. The summed E-state index contributed by atoms with van der Waals surface area (Å²) in [7, 11) is 6.00. The Labute approximate surface area is 596 Å². The first kappa shape index (κ1) is 93.0. The maximum Gasteiger partial charge on any atom is 0.361 e. The van der Waals surface area contributed by atoms with Gasteiger partial charge in [0.1, 0.15) is 13.2 Å². The molecule has 0 aromatic carbocycles. The van der Waals surface area contributed by atoms with Crippen molar-refractivity contribution in [3.63, 3.8) is 0 Å². The minimum Gasteiger partial charge on any atom is -0.477 e. The van der Waals surface area contributed by atoms with Crippen molar-refractivity contribution >= 4 is 17.9 Å². The molecule has 0 bridgehead atoms.